The van der Waals surface area contributed by atoms with Gasteiger partial charge in [0.05, 0.1) is 57.9 Å². The van der Waals surface area contributed by atoms with Gasteiger partial charge in [-0.2, -0.15) is 9.97 Å². The maximum atomic E-state index is 18.1. The normalized spacial score (nSPS) is 20.1. The van der Waals surface area contributed by atoms with Crippen LogP contribution in [0.5, 0.6) is 11.5 Å². The number of aromatic nitrogens is 8. The number of halogens is 6. The first-order valence-electron chi connectivity index (χ1n) is 31.9. The zero-order valence-electron chi connectivity index (χ0n) is 53.9. The Morgan fingerprint density at radius 1 is 0.643 bits per heavy atom. The SMILES string of the molecule is C=CC(=O)N1CCN(c2nc(=O)n3c4nc(c(F)cc24)-c2c(F)cc(CC(C)c4nccc5c4-n4c(=O)nc(N6CCN(C(=O)C=C)C[C@@H]6C)c6cc(F)c(nc64)-c4c(F)cccc4OCC4OC(=O)OC54)cc2OCC(OCCF)C(OCCF)c2ccnc(C(C)C)c2-3)[C@@H](C)C1. The summed E-state index contributed by atoms with van der Waals surface area (Å²) in [7, 11) is 0. The van der Waals surface area contributed by atoms with E-state index in [2.05, 4.69) is 28.1 Å². The minimum Gasteiger partial charge on any atom is -0.490 e. The van der Waals surface area contributed by atoms with Crippen molar-refractivity contribution in [3.63, 3.8) is 0 Å². The third-order valence-corrected chi connectivity index (χ3v) is 18.3. The van der Waals surface area contributed by atoms with Crippen molar-refractivity contribution < 1.29 is 69.1 Å². The van der Waals surface area contributed by atoms with Gasteiger partial charge in [-0.1, -0.05) is 40.0 Å². The second-order valence-corrected chi connectivity index (χ2v) is 24.8. The Balaban J connectivity index is 1.01. The van der Waals surface area contributed by atoms with Crippen molar-refractivity contribution in [2.75, 3.05) is 88.8 Å². The van der Waals surface area contributed by atoms with Gasteiger partial charge >= 0.3 is 17.5 Å². The number of amides is 2. The van der Waals surface area contributed by atoms with Crippen LogP contribution in [0.3, 0.4) is 0 Å². The van der Waals surface area contributed by atoms with Crippen molar-refractivity contribution in [3.8, 4) is 45.4 Å². The summed E-state index contributed by atoms with van der Waals surface area (Å²) in [5.74, 6) is -6.81. The molecule has 2 amide bonds. The Bertz CT molecular complexity index is 4690. The first-order chi connectivity index (χ1) is 47.2. The molecular weight excluding hydrogens is 1290 g/mol. The van der Waals surface area contributed by atoms with Gasteiger partial charge in [0.1, 0.15) is 84.9 Å². The highest BCUT2D eigenvalue weighted by Crippen LogP contribution is 2.45. The molecule has 8 aromatic rings. The largest absolute Gasteiger partial charge is 0.509 e. The van der Waals surface area contributed by atoms with Gasteiger partial charge in [-0.05, 0) is 92.4 Å². The Morgan fingerprint density at radius 2 is 1.19 bits per heavy atom. The van der Waals surface area contributed by atoms with E-state index >= 15 is 27.2 Å². The molecule has 29 heteroatoms. The van der Waals surface area contributed by atoms with Crippen LogP contribution in [0.4, 0.5) is 42.8 Å². The molecule has 5 aliphatic heterocycles. The Morgan fingerprint density at radius 3 is 1.77 bits per heavy atom. The van der Waals surface area contributed by atoms with Crippen molar-refractivity contribution in [2.24, 2.45) is 0 Å². The zero-order chi connectivity index (χ0) is 69.1. The van der Waals surface area contributed by atoms with Crippen molar-refractivity contribution in [1.82, 2.24) is 48.8 Å². The van der Waals surface area contributed by atoms with E-state index in [1.807, 2.05) is 0 Å². The number of fused-ring (bicyclic) bond motifs is 12. The average Bonchev–Trinajstić information content (AvgIpc) is 0.809. The van der Waals surface area contributed by atoms with Crippen LogP contribution in [-0.2, 0) is 35.0 Å². The summed E-state index contributed by atoms with van der Waals surface area (Å²) in [5, 5.41) is -0.0524. The van der Waals surface area contributed by atoms with E-state index in [0.717, 1.165) is 33.4 Å². The van der Waals surface area contributed by atoms with Gasteiger partial charge in [0.25, 0.3) is 0 Å². The van der Waals surface area contributed by atoms with Crippen LogP contribution < -0.4 is 30.7 Å². The van der Waals surface area contributed by atoms with Crippen LogP contribution in [0, 0.1) is 23.3 Å². The second kappa shape index (κ2) is 27.0. The van der Waals surface area contributed by atoms with Gasteiger partial charge < -0.3 is 48.0 Å². The van der Waals surface area contributed by atoms with Gasteiger partial charge in [0.2, 0.25) is 11.8 Å². The molecule has 0 saturated carbocycles. The van der Waals surface area contributed by atoms with Crippen LogP contribution in [-0.4, -0.2) is 170 Å². The molecule has 0 spiro atoms. The molecule has 6 aromatic heterocycles. The highest BCUT2D eigenvalue weighted by Gasteiger charge is 2.44. The topological polar surface area (TPSA) is 241 Å². The van der Waals surface area contributed by atoms with Gasteiger partial charge in [0, 0.05) is 80.8 Å². The lowest BCUT2D eigenvalue weighted by Gasteiger charge is -2.40. The number of alkyl halides is 2. The summed E-state index contributed by atoms with van der Waals surface area (Å²) in [6, 6.07) is 10.4. The number of hydrogen-bond acceptors (Lipinski definition) is 19. The highest BCUT2D eigenvalue weighted by molar-refractivity contribution is 5.94. The van der Waals surface area contributed by atoms with Crippen LogP contribution in [0.25, 0.3) is 56.0 Å². The molecule has 5 unspecified atom stereocenters. The number of nitrogens with zero attached hydrogens (tertiary/aromatic N) is 12. The molecule has 4 bridgehead atoms. The lowest BCUT2D eigenvalue weighted by molar-refractivity contribution is -0.127. The molecule has 98 heavy (non-hydrogen) atoms. The Hall–Kier alpha value is -10.3. The standard InChI is InChI=1S/C69H66F6N12O11/c1-8-51(88)82-19-21-84(36(6)30-82)63-41-29-46(75)58-54-44(73)26-38(27-48(54)96-32-49(93-23-15-70)61(94-24-16-71)39-13-17-76-55(34(3)4)59(39)86(65(41)79-58)67(90)80-63)25-35(5)56-60-40(14-18-77-56)62-50(97-69(92)98-62)33-95-47-12-10-11-43(72)53(47)57-45(74)28-42-64(81-68(91)87(60)66(42)78-57)85-22-20-83(31-37(85)7)52(89)9-2/h8-14,17-18,26-29,34-37,49-50,61-62H,1-2,15-16,19-25,30-33H2,3-7H3/t35?,36-,37-,49?,50?,61?,62?/m0/s1. The summed E-state index contributed by atoms with van der Waals surface area (Å²) < 4.78 is 137. The number of piperazine rings is 2. The summed E-state index contributed by atoms with van der Waals surface area (Å²) >= 11 is 0. The predicted molar refractivity (Wildman–Crippen MR) is 345 cm³/mol. The fraction of sp³-hybridized carbons (Fsp3) is 0.377. The lowest BCUT2D eigenvalue weighted by atomic mass is 9.91. The molecule has 3 fully saturated rings. The van der Waals surface area contributed by atoms with Crippen LogP contribution in [0.15, 0.2) is 102 Å². The van der Waals surface area contributed by atoms with Gasteiger partial charge in [-0.15, -0.1) is 0 Å². The third kappa shape index (κ3) is 11.9. The number of pyridine rings is 4. The van der Waals surface area contributed by atoms with Crippen LogP contribution in [0.2, 0.25) is 0 Å². The fourth-order valence-corrected chi connectivity index (χ4v) is 13.8. The van der Waals surface area contributed by atoms with E-state index < -0.39 is 151 Å². The average molecular weight is 1350 g/mol. The molecule has 0 radical (unpaired) electrons. The van der Waals surface area contributed by atoms with Crippen molar-refractivity contribution in [2.45, 2.75) is 89.4 Å². The van der Waals surface area contributed by atoms with E-state index in [1.165, 1.54) is 54.9 Å². The number of ether oxygens (including phenoxy) is 6. The third-order valence-electron chi connectivity index (χ3n) is 18.3. The van der Waals surface area contributed by atoms with Crippen molar-refractivity contribution >= 4 is 51.7 Å². The van der Waals surface area contributed by atoms with Gasteiger partial charge in [-0.3, -0.25) is 19.6 Å². The van der Waals surface area contributed by atoms with Crippen molar-refractivity contribution in [3.05, 3.63) is 165 Å². The Labute approximate surface area is 555 Å². The molecule has 2 aromatic carbocycles. The maximum absolute atomic E-state index is 18.1. The fourth-order valence-electron chi connectivity index (χ4n) is 13.8. The number of carbonyl (C=O) groups is 3. The van der Waals surface area contributed by atoms with E-state index in [-0.39, 0.29) is 142 Å². The van der Waals surface area contributed by atoms with Gasteiger partial charge in [-0.25, -0.2) is 59.8 Å². The second-order valence-electron chi connectivity index (χ2n) is 24.8. The lowest BCUT2D eigenvalue weighted by Crippen LogP contribution is -2.54. The van der Waals surface area contributed by atoms with Crippen LogP contribution in [0.1, 0.15) is 86.7 Å². The monoisotopic (exact) mass is 1350 g/mol. The minimum atomic E-state index is -1.39. The predicted octanol–water partition coefficient (Wildman–Crippen LogP) is 9.21. The van der Waals surface area contributed by atoms with Crippen molar-refractivity contribution in [1.29, 1.82) is 0 Å². The number of hydrogen-bond donors (Lipinski definition) is 0. The zero-order valence-corrected chi connectivity index (χ0v) is 53.9. The summed E-state index contributed by atoms with van der Waals surface area (Å²) in [6.07, 6.45) is -1.59. The van der Waals surface area contributed by atoms with E-state index in [0.29, 0.717) is 0 Å². The molecule has 23 nitrogen and oxygen atoms in total. The summed E-state index contributed by atoms with van der Waals surface area (Å²) in [6.45, 7) is 12.8. The number of benzene rings is 2. The minimum absolute atomic E-state index is 0.00431. The molecule has 11 heterocycles. The van der Waals surface area contributed by atoms with Crippen LogP contribution >= 0.6 is 0 Å². The number of anilines is 2. The molecule has 3 saturated heterocycles. The first kappa shape index (κ1) is 66.3. The Kier molecular flexibility index (Phi) is 18.2. The summed E-state index contributed by atoms with van der Waals surface area (Å²) in [4.78, 5) is 105. The van der Waals surface area contributed by atoms with E-state index in [9.17, 15) is 23.2 Å². The van der Waals surface area contributed by atoms with E-state index in [4.69, 9.17) is 43.4 Å². The molecule has 5 aliphatic rings. The first-order valence-corrected chi connectivity index (χ1v) is 31.9. The number of rotatable bonds is 14. The molecular formula is C69H66F6N12O11. The maximum Gasteiger partial charge on any atom is 0.509 e. The van der Waals surface area contributed by atoms with E-state index in [1.54, 1.807) is 54.2 Å². The van der Waals surface area contributed by atoms with Gasteiger partial charge in [0.15, 0.2) is 35.1 Å². The quantitative estimate of drug-likeness (QED) is 0.0559. The molecule has 0 N–H and O–H groups in total. The number of carbonyl (C=O) groups excluding carboxylic acids is 3. The molecule has 13 rings (SSSR count). The molecule has 0 aliphatic carbocycles. The molecule has 510 valence electrons. The summed E-state index contributed by atoms with van der Waals surface area (Å²) in [5.41, 5.74) is -3.87. The smallest absolute Gasteiger partial charge is 0.490 e. The highest BCUT2D eigenvalue weighted by atomic mass is 19.1. The molecule has 7 atom stereocenters.